The van der Waals surface area contributed by atoms with E-state index < -0.39 is 0 Å². The molecule has 1 atom stereocenters. The molecule has 0 spiro atoms. The molecule has 0 aromatic heterocycles. The highest BCUT2D eigenvalue weighted by molar-refractivity contribution is 5.76. The summed E-state index contributed by atoms with van der Waals surface area (Å²) in [7, 11) is 1.53. The van der Waals surface area contributed by atoms with E-state index in [4.69, 9.17) is 10.5 Å². The van der Waals surface area contributed by atoms with Crippen molar-refractivity contribution >= 4 is 5.91 Å². The Hall–Kier alpha value is -1.62. The van der Waals surface area contributed by atoms with E-state index in [9.17, 15) is 9.18 Å². The fraction of sp³-hybridized carbons (Fsp3) is 0.533. The number of halogens is 1. The zero-order valence-corrected chi connectivity index (χ0v) is 12.1. The highest BCUT2D eigenvalue weighted by atomic mass is 19.1. The lowest BCUT2D eigenvalue weighted by atomic mass is 10.1. The number of hydrogen-bond acceptors (Lipinski definition) is 3. The third kappa shape index (κ3) is 5.17. The molecule has 1 aromatic rings. The van der Waals surface area contributed by atoms with Gasteiger partial charge in [-0.25, -0.2) is 4.39 Å². The number of methoxy groups -OCH3 is 1. The number of amides is 1. The van der Waals surface area contributed by atoms with Crippen molar-refractivity contribution in [1.29, 1.82) is 0 Å². The Morgan fingerprint density at radius 1 is 1.40 bits per heavy atom. The Morgan fingerprint density at radius 2 is 2.15 bits per heavy atom. The van der Waals surface area contributed by atoms with Crippen LogP contribution in [0.15, 0.2) is 18.2 Å². The van der Waals surface area contributed by atoms with Gasteiger partial charge in [-0.15, -0.1) is 0 Å². The molecule has 0 fully saturated rings. The predicted octanol–water partition coefficient (Wildman–Crippen LogP) is 2.53. The second-order valence-electron chi connectivity index (χ2n) is 4.77. The second kappa shape index (κ2) is 8.53. The Morgan fingerprint density at radius 3 is 2.80 bits per heavy atom. The monoisotopic (exact) mass is 282 g/mol. The SMILES string of the molecule is COc1ccc(F)cc1C(C)NC(=O)CCCCCN. The molecule has 5 heteroatoms. The van der Waals surface area contributed by atoms with Crippen LogP contribution in [0.3, 0.4) is 0 Å². The number of carbonyl (C=O) groups is 1. The van der Waals surface area contributed by atoms with Gasteiger partial charge >= 0.3 is 0 Å². The van der Waals surface area contributed by atoms with E-state index >= 15 is 0 Å². The maximum absolute atomic E-state index is 13.3. The van der Waals surface area contributed by atoms with E-state index in [1.54, 1.807) is 6.07 Å². The molecule has 0 saturated heterocycles. The van der Waals surface area contributed by atoms with Gasteiger partial charge < -0.3 is 15.8 Å². The Labute approximate surface area is 119 Å². The van der Waals surface area contributed by atoms with Gasteiger partial charge in [0.2, 0.25) is 5.91 Å². The average molecular weight is 282 g/mol. The van der Waals surface area contributed by atoms with Crippen molar-refractivity contribution < 1.29 is 13.9 Å². The van der Waals surface area contributed by atoms with Gasteiger partial charge in [-0.2, -0.15) is 0 Å². The lowest BCUT2D eigenvalue weighted by molar-refractivity contribution is -0.121. The number of carbonyl (C=O) groups excluding carboxylic acids is 1. The van der Waals surface area contributed by atoms with Gasteiger partial charge in [0.25, 0.3) is 0 Å². The largest absolute Gasteiger partial charge is 0.496 e. The fourth-order valence-electron chi connectivity index (χ4n) is 2.04. The van der Waals surface area contributed by atoms with E-state index in [2.05, 4.69) is 5.32 Å². The van der Waals surface area contributed by atoms with Crippen LogP contribution < -0.4 is 15.8 Å². The van der Waals surface area contributed by atoms with Crippen molar-refractivity contribution in [2.75, 3.05) is 13.7 Å². The maximum Gasteiger partial charge on any atom is 0.220 e. The number of unbranched alkanes of at least 4 members (excludes halogenated alkanes) is 2. The standard InChI is InChI=1S/C15H23FN2O2/c1-11(18-15(19)6-4-3-5-9-17)13-10-12(16)7-8-14(13)20-2/h7-8,10-11H,3-6,9,17H2,1-2H3,(H,18,19). The van der Waals surface area contributed by atoms with Crippen LogP contribution in [0, 0.1) is 5.82 Å². The van der Waals surface area contributed by atoms with Crippen molar-refractivity contribution in [2.45, 2.75) is 38.6 Å². The summed E-state index contributed by atoms with van der Waals surface area (Å²) in [6, 6.07) is 4.00. The fourth-order valence-corrected chi connectivity index (χ4v) is 2.04. The van der Waals surface area contributed by atoms with Gasteiger partial charge in [0, 0.05) is 12.0 Å². The molecule has 4 nitrogen and oxygen atoms in total. The highest BCUT2D eigenvalue weighted by Gasteiger charge is 2.14. The lowest BCUT2D eigenvalue weighted by Gasteiger charge is -2.17. The van der Waals surface area contributed by atoms with Gasteiger partial charge in [-0.1, -0.05) is 6.42 Å². The molecule has 112 valence electrons. The molecule has 1 rings (SSSR count). The topological polar surface area (TPSA) is 64.3 Å². The summed E-state index contributed by atoms with van der Waals surface area (Å²) in [5, 5.41) is 2.86. The summed E-state index contributed by atoms with van der Waals surface area (Å²) in [4.78, 5) is 11.8. The molecule has 3 N–H and O–H groups in total. The summed E-state index contributed by atoms with van der Waals surface area (Å²) >= 11 is 0. The normalized spacial score (nSPS) is 12.0. The molecule has 0 aliphatic heterocycles. The number of benzene rings is 1. The number of nitrogens with two attached hydrogens (primary N) is 1. The molecule has 1 amide bonds. The van der Waals surface area contributed by atoms with Crippen molar-refractivity contribution in [1.82, 2.24) is 5.32 Å². The predicted molar refractivity (Wildman–Crippen MR) is 77.0 cm³/mol. The van der Waals surface area contributed by atoms with Crippen LogP contribution >= 0.6 is 0 Å². The molecular weight excluding hydrogens is 259 g/mol. The first-order valence-corrected chi connectivity index (χ1v) is 6.91. The van der Waals surface area contributed by atoms with Crippen LogP contribution in [0.2, 0.25) is 0 Å². The van der Waals surface area contributed by atoms with Gasteiger partial charge in [-0.3, -0.25) is 4.79 Å². The Balaban J connectivity index is 2.55. The quantitative estimate of drug-likeness (QED) is 0.720. The van der Waals surface area contributed by atoms with Crippen LogP contribution in [-0.2, 0) is 4.79 Å². The molecule has 1 unspecified atom stereocenters. The van der Waals surface area contributed by atoms with E-state index in [1.807, 2.05) is 6.92 Å². The van der Waals surface area contributed by atoms with E-state index in [-0.39, 0.29) is 17.8 Å². The molecule has 1 aromatic carbocycles. The van der Waals surface area contributed by atoms with E-state index in [0.717, 1.165) is 19.3 Å². The summed E-state index contributed by atoms with van der Waals surface area (Å²) in [5.41, 5.74) is 6.04. The van der Waals surface area contributed by atoms with Gasteiger partial charge in [0.15, 0.2) is 0 Å². The first kappa shape index (κ1) is 16.4. The first-order valence-electron chi connectivity index (χ1n) is 6.91. The molecule has 0 saturated carbocycles. The Bertz CT molecular complexity index is 438. The van der Waals surface area contributed by atoms with Crippen molar-refractivity contribution in [3.8, 4) is 5.75 Å². The molecule has 0 aliphatic rings. The summed E-state index contributed by atoms with van der Waals surface area (Å²) in [6.07, 6.45) is 3.15. The number of ether oxygens (including phenoxy) is 1. The van der Waals surface area contributed by atoms with Gasteiger partial charge in [0.05, 0.1) is 13.2 Å². The third-order valence-corrected chi connectivity index (χ3v) is 3.14. The van der Waals surface area contributed by atoms with Crippen LogP contribution in [0.25, 0.3) is 0 Å². The summed E-state index contributed by atoms with van der Waals surface area (Å²) < 4.78 is 18.5. The smallest absolute Gasteiger partial charge is 0.220 e. The molecule has 0 bridgehead atoms. The highest BCUT2D eigenvalue weighted by Crippen LogP contribution is 2.25. The minimum atomic E-state index is -0.343. The minimum absolute atomic E-state index is 0.0409. The lowest BCUT2D eigenvalue weighted by Crippen LogP contribution is -2.26. The van der Waals surface area contributed by atoms with Gasteiger partial charge in [-0.05, 0) is 44.5 Å². The second-order valence-corrected chi connectivity index (χ2v) is 4.77. The van der Waals surface area contributed by atoms with Crippen LogP contribution in [0.5, 0.6) is 5.75 Å². The summed E-state index contributed by atoms with van der Waals surface area (Å²) in [6.45, 7) is 2.47. The molecule has 0 aliphatic carbocycles. The third-order valence-electron chi connectivity index (χ3n) is 3.14. The van der Waals surface area contributed by atoms with Crippen LogP contribution in [-0.4, -0.2) is 19.6 Å². The van der Waals surface area contributed by atoms with Crippen molar-refractivity contribution in [3.05, 3.63) is 29.6 Å². The zero-order chi connectivity index (χ0) is 15.0. The Kier molecular flexibility index (Phi) is 7.01. The van der Waals surface area contributed by atoms with Crippen molar-refractivity contribution in [3.63, 3.8) is 0 Å². The van der Waals surface area contributed by atoms with Crippen LogP contribution in [0.1, 0.15) is 44.2 Å². The van der Waals surface area contributed by atoms with E-state index in [1.165, 1.54) is 19.2 Å². The maximum atomic E-state index is 13.3. The molecular formula is C15H23FN2O2. The minimum Gasteiger partial charge on any atom is -0.496 e. The van der Waals surface area contributed by atoms with Gasteiger partial charge in [0.1, 0.15) is 11.6 Å². The van der Waals surface area contributed by atoms with Crippen molar-refractivity contribution in [2.24, 2.45) is 5.73 Å². The van der Waals surface area contributed by atoms with E-state index in [0.29, 0.717) is 24.3 Å². The number of nitrogens with one attached hydrogen (secondary N) is 1. The molecule has 0 heterocycles. The summed E-state index contributed by atoms with van der Waals surface area (Å²) in [5.74, 6) is 0.188. The first-order chi connectivity index (χ1) is 9.58. The molecule has 0 radical (unpaired) electrons. The number of rotatable bonds is 8. The zero-order valence-electron chi connectivity index (χ0n) is 12.1. The van der Waals surface area contributed by atoms with Crippen LogP contribution in [0.4, 0.5) is 4.39 Å². The molecule has 20 heavy (non-hydrogen) atoms. The average Bonchev–Trinajstić information content (AvgIpc) is 2.43. The number of hydrogen-bond donors (Lipinski definition) is 2.